The Labute approximate surface area is 131 Å². The van der Waals surface area contributed by atoms with E-state index in [1.54, 1.807) is 41.2 Å². The molecule has 22 heavy (non-hydrogen) atoms. The van der Waals surface area contributed by atoms with E-state index in [1.807, 2.05) is 0 Å². The number of nitrogens with zero attached hydrogens (tertiary/aromatic N) is 4. The van der Waals surface area contributed by atoms with Gasteiger partial charge < -0.3 is 10.2 Å². The van der Waals surface area contributed by atoms with Gasteiger partial charge in [-0.25, -0.2) is 9.67 Å². The topological polar surface area (TPSA) is 80.1 Å². The van der Waals surface area contributed by atoms with Crippen LogP contribution in [0.4, 0.5) is 5.69 Å². The summed E-state index contributed by atoms with van der Waals surface area (Å²) in [5, 5.41) is 7.34. The predicted molar refractivity (Wildman–Crippen MR) is 80.7 cm³/mol. The van der Waals surface area contributed by atoms with Crippen molar-refractivity contribution in [1.82, 2.24) is 19.7 Å². The predicted octanol–water partition coefficient (Wildman–Crippen LogP) is 1.34. The zero-order valence-corrected chi connectivity index (χ0v) is 12.6. The van der Waals surface area contributed by atoms with Crippen LogP contribution in [0.1, 0.15) is 6.42 Å². The molecular weight excluding hydrogens is 306 g/mol. The quantitative estimate of drug-likeness (QED) is 0.925. The van der Waals surface area contributed by atoms with E-state index in [0.717, 1.165) is 0 Å². The van der Waals surface area contributed by atoms with Crippen LogP contribution < -0.4 is 5.32 Å². The van der Waals surface area contributed by atoms with Crippen molar-refractivity contribution >= 4 is 29.1 Å². The van der Waals surface area contributed by atoms with E-state index in [9.17, 15) is 9.59 Å². The molecule has 1 saturated heterocycles. The Kier molecular flexibility index (Phi) is 3.81. The molecule has 1 aliphatic rings. The van der Waals surface area contributed by atoms with Crippen LogP contribution in [-0.2, 0) is 9.59 Å². The lowest BCUT2D eigenvalue weighted by atomic mass is 10.1. The van der Waals surface area contributed by atoms with Crippen molar-refractivity contribution in [3.05, 3.63) is 35.7 Å². The van der Waals surface area contributed by atoms with Gasteiger partial charge in [0.2, 0.25) is 11.8 Å². The van der Waals surface area contributed by atoms with E-state index in [2.05, 4.69) is 15.4 Å². The fraction of sp³-hybridized carbons (Fsp3) is 0.286. The number of hydrogen-bond acceptors (Lipinski definition) is 4. The van der Waals surface area contributed by atoms with Gasteiger partial charge in [0, 0.05) is 20.0 Å². The number of nitrogens with one attached hydrogen (secondary N) is 1. The maximum atomic E-state index is 12.1. The summed E-state index contributed by atoms with van der Waals surface area (Å²) < 4.78 is 1.54. The molecule has 0 unspecified atom stereocenters. The minimum absolute atomic E-state index is 0.0100. The van der Waals surface area contributed by atoms with Crippen molar-refractivity contribution < 1.29 is 9.59 Å². The molecule has 8 heteroatoms. The summed E-state index contributed by atoms with van der Waals surface area (Å²) in [6.45, 7) is 0.446. The molecule has 1 atom stereocenters. The number of halogens is 1. The third-order valence-corrected chi connectivity index (χ3v) is 3.71. The molecule has 1 N–H and O–H groups in total. The van der Waals surface area contributed by atoms with Gasteiger partial charge in [0.1, 0.15) is 0 Å². The average Bonchev–Trinajstić information content (AvgIpc) is 3.07. The number of hydrogen-bond donors (Lipinski definition) is 1. The smallest absolute Gasteiger partial charge is 0.229 e. The van der Waals surface area contributed by atoms with Crippen LogP contribution in [0.5, 0.6) is 0 Å². The Bertz CT molecular complexity index is 712. The first-order chi connectivity index (χ1) is 10.5. The van der Waals surface area contributed by atoms with Gasteiger partial charge in [-0.05, 0) is 12.1 Å². The van der Waals surface area contributed by atoms with Gasteiger partial charge in [-0.1, -0.05) is 11.6 Å². The van der Waals surface area contributed by atoms with Gasteiger partial charge in [-0.2, -0.15) is 5.10 Å². The molecule has 0 aromatic carbocycles. The fourth-order valence-corrected chi connectivity index (χ4v) is 2.44. The van der Waals surface area contributed by atoms with E-state index < -0.39 is 0 Å². The summed E-state index contributed by atoms with van der Waals surface area (Å²) in [5.41, 5.74) is 0.578. The summed E-state index contributed by atoms with van der Waals surface area (Å²) in [4.78, 5) is 29.4. The Hall–Kier alpha value is -2.41. The third kappa shape index (κ3) is 2.94. The monoisotopic (exact) mass is 319 g/mol. The number of carbonyl (C=O) groups is 2. The van der Waals surface area contributed by atoms with Crippen molar-refractivity contribution in [2.75, 3.05) is 18.9 Å². The van der Waals surface area contributed by atoms with Crippen molar-refractivity contribution in [1.29, 1.82) is 0 Å². The molecule has 2 aromatic rings. The molecule has 0 radical (unpaired) electrons. The van der Waals surface area contributed by atoms with Gasteiger partial charge in [0.05, 0.1) is 35.2 Å². The maximum Gasteiger partial charge on any atom is 0.229 e. The normalized spacial score (nSPS) is 17.8. The number of rotatable bonds is 3. The number of anilines is 1. The second kappa shape index (κ2) is 5.76. The number of aromatic nitrogens is 3. The van der Waals surface area contributed by atoms with Gasteiger partial charge >= 0.3 is 0 Å². The highest BCUT2D eigenvalue weighted by Gasteiger charge is 2.32. The number of carbonyl (C=O) groups excluding carboxylic acids is 2. The Morgan fingerprint density at radius 3 is 2.77 bits per heavy atom. The second-order valence-electron chi connectivity index (χ2n) is 5.17. The zero-order chi connectivity index (χ0) is 15.7. The number of amides is 2. The van der Waals surface area contributed by atoms with Crippen LogP contribution in [0.3, 0.4) is 0 Å². The largest absolute Gasteiger partial charge is 0.345 e. The fourth-order valence-electron chi connectivity index (χ4n) is 2.31. The van der Waals surface area contributed by atoms with E-state index in [1.165, 1.54) is 6.20 Å². The SMILES string of the molecule is CN1C[C@@H](C(=O)Nc2ccc(-n3cc(Cl)cn3)nc2)CC1=O. The van der Waals surface area contributed by atoms with Crippen LogP contribution in [0.2, 0.25) is 5.02 Å². The molecule has 3 heterocycles. The Morgan fingerprint density at radius 1 is 1.41 bits per heavy atom. The zero-order valence-electron chi connectivity index (χ0n) is 11.9. The van der Waals surface area contributed by atoms with Crippen LogP contribution in [-0.4, -0.2) is 45.1 Å². The van der Waals surface area contributed by atoms with Crippen LogP contribution >= 0.6 is 11.6 Å². The highest BCUT2D eigenvalue weighted by Crippen LogP contribution is 2.19. The Morgan fingerprint density at radius 2 is 2.23 bits per heavy atom. The molecule has 2 aromatic heterocycles. The van der Waals surface area contributed by atoms with Crippen molar-refractivity contribution in [3.63, 3.8) is 0 Å². The van der Waals surface area contributed by atoms with E-state index >= 15 is 0 Å². The lowest BCUT2D eigenvalue weighted by Crippen LogP contribution is -2.25. The second-order valence-corrected chi connectivity index (χ2v) is 5.61. The average molecular weight is 320 g/mol. The Balaban J connectivity index is 1.66. The molecule has 0 bridgehead atoms. The first-order valence-electron chi connectivity index (χ1n) is 6.74. The van der Waals surface area contributed by atoms with Crippen LogP contribution in [0, 0.1) is 5.92 Å². The highest BCUT2D eigenvalue weighted by molar-refractivity contribution is 6.30. The summed E-state index contributed by atoms with van der Waals surface area (Å²) >= 11 is 5.81. The van der Waals surface area contributed by atoms with Gasteiger partial charge in [0.15, 0.2) is 5.82 Å². The van der Waals surface area contributed by atoms with Crippen molar-refractivity contribution in [2.24, 2.45) is 5.92 Å². The summed E-state index contributed by atoms with van der Waals surface area (Å²) in [5.74, 6) is 0.0985. The van der Waals surface area contributed by atoms with Crippen molar-refractivity contribution in [3.8, 4) is 5.82 Å². The molecule has 0 aliphatic carbocycles. The third-order valence-electron chi connectivity index (χ3n) is 3.51. The summed E-state index contributed by atoms with van der Waals surface area (Å²) in [6, 6.07) is 3.46. The van der Waals surface area contributed by atoms with E-state index in [0.29, 0.717) is 23.1 Å². The lowest BCUT2D eigenvalue weighted by Gasteiger charge is -2.11. The van der Waals surface area contributed by atoms with Gasteiger partial charge in [-0.15, -0.1) is 0 Å². The molecule has 0 saturated carbocycles. The maximum absolute atomic E-state index is 12.1. The standard InChI is InChI=1S/C14H14ClN5O2/c1-19-7-9(4-13(19)21)14(22)18-11-2-3-12(16-6-11)20-8-10(15)5-17-20/h2-3,5-6,8-9H,4,7H2,1H3,(H,18,22)/t9-/m0/s1. The molecule has 0 spiro atoms. The first kappa shape index (κ1) is 14.5. The highest BCUT2D eigenvalue weighted by atomic mass is 35.5. The molecule has 1 aliphatic heterocycles. The van der Waals surface area contributed by atoms with Crippen LogP contribution in [0.15, 0.2) is 30.7 Å². The molecule has 3 rings (SSSR count). The molecular formula is C14H14ClN5O2. The van der Waals surface area contributed by atoms with E-state index in [-0.39, 0.29) is 24.2 Å². The molecule has 7 nitrogen and oxygen atoms in total. The van der Waals surface area contributed by atoms with Gasteiger partial charge in [-0.3, -0.25) is 9.59 Å². The van der Waals surface area contributed by atoms with E-state index in [4.69, 9.17) is 11.6 Å². The number of likely N-dealkylation sites (tertiary alicyclic amines) is 1. The summed E-state index contributed by atoms with van der Waals surface area (Å²) in [7, 11) is 1.70. The summed E-state index contributed by atoms with van der Waals surface area (Å²) in [6.07, 6.45) is 4.96. The lowest BCUT2D eigenvalue weighted by molar-refractivity contribution is -0.127. The van der Waals surface area contributed by atoms with Crippen molar-refractivity contribution in [2.45, 2.75) is 6.42 Å². The van der Waals surface area contributed by atoms with Crippen LogP contribution in [0.25, 0.3) is 5.82 Å². The number of pyridine rings is 1. The molecule has 1 fully saturated rings. The van der Waals surface area contributed by atoms with Gasteiger partial charge in [0.25, 0.3) is 0 Å². The minimum atomic E-state index is -0.318. The minimum Gasteiger partial charge on any atom is -0.345 e. The first-order valence-corrected chi connectivity index (χ1v) is 7.12. The molecule has 2 amide bonds. The molecule has 114 valence electrons.